The zero-order valence-electron chi connectivity index (χ0n) is 35.1. The van der Waals surface area contributed by atoms with E-state index in [4.69, 9.17) is 0 Å². The lowest BCUT2D eigenvalue weighted by atomic mass is 9.94. The lowest BCUT2D eigenvalue weighted by Gasteiger charge is -2.28. The van der Waals surface area contributed by atoms with Crippen molar-refractivity contribution in [2.24, 2.45) is 0 Å². The number of rotatable bonds is 8. The molecule has 0 radical (unpaired) electrons. The lowest BCUT2D eigenvalue weighted by Crippen LogP contribution is -2.11. The molecule has 0 aliphatic carbocycles. The molecule has 11 aromatic carbocycles. The van der Waals surface area contributed by atoms with Crippen LogP contribution in [0, 0.1) is 0 Å². The average Bonchev–Trinajstić information content (AvgIpc) is 3.72. The first kappa shape index (κ1) is 37.3. The highest BCUT2D eigenvalue weighted by Crippen LogP contribution is 2.44. The molecule has 2 nitrogen and oxygen atoms in total. The number of hydrogen-bond donors (Lipinski definition) is 0. The molecule has 2 heteroatoms. The second-order valence-corrected chi connectivity index (χ2v) is 16.5. The average molecular weight is 815 g/mol. The monoisotopic (exact) mass is 814 g/mol. The van der Waals surface area contributed by atoms with Crippen molar-refractivity contribution in [3.63, 3.8) is 0 Å². The van der Waals surface area contributed by atoms with Gasteiger partial charge in [0.15, 0.2) is 0 Å². The van der Waals surface area contributed by atoms with Crippen molar-refractivity contribution in [3.8, 4) is 50.2 Å². The Labute approximate surface area is 373 Å². The summed E-state index contributed by atoms with van der Waals surface area (Å²) in [6.45, 7) is 0. The Bertz CT molecular complexity index is 3650. The van der Waals surface area contributed by atoms with Gasteiger partial charge in [-0.1, -0.05) is 188 Å². The lowest BCUT2D eigenvalue weighted by molar-refractivity contribution is 1.18. The van der Waals surface area contributed by atoms with Crippen LogP contribution in [0.5, 0.6) is 0 Å². The van der Waals surface area contributed by atoms with Gasteiger partial charge in [-0.3, -0.25) is 0 Å². The highest BCUT2D eigenvalue weighted by molar-refractivity contribution is 6.16. The summed E-state index contributed by atoms with van der Waals surface area (Å²) in [5.74, 6) is 0. The fraction of sp³-hybridized carbons (Fsp3) is 0. The normalized spacial score (nSPS) is 11.4. The maximum absolute atomic E-state index is 2.41. The number of nitrogens with zero attached hydrogens (tertiary/aromatic N) is 2. The molecule has 1 heterocycles. The van der Waals surface area contributed by atoms with Crippen LogP contribution >= 0.6 is 0 Å². The van der Waals surface area contributed by atoms with E-state index in [2.05, 4.69) is 264 Å². The number of aromatic nitrogens is 1. The first-order chi connectivity index (χ1) is 31.7. The van der Waals surface area contributed by atoms with Gasteiger partial charge in [0, 0.05) is 33.4 Å². The molecule has 0 fully saturated rings. The van der Waals surface area contributed by atoms with Crippen LogP contribution in [-0.2, 0) is 0 Å². The summed E-state index contributed by atoms with van der Waals surface area (Å²) >= 11 is 0. The molecule has 12 aromatic rings. The number of hydrogen-bond acceptors (Lipinski definition) is 1. The number of para-hydroxylation sites is 3. The van der Waals surface area contributed by atoms with E-state index in [0.717, 1.165) is 33.9 Å². The van der Waals surface area contributed by atoms with E-state index in [9.17, 15) is 0 Å². The predicted molar refractivity (Wildman–Crippen MR) is 272 cm³/mol. The molecular formula is C62H42N2. The van der Waals surface area contributed by atoms with Crippen molar-refractivity contribution < 1.29 is 0 Å². The molecule has 0 N–H and O–H groups in total. The van der Waals surface area contributed by atoms with E-state index in [1.807, 2.05) is 0 Å². The van der Waals surface area contributed by atoms with Crippen LogP contribution < -0.4 is 4.90 Å². The molecule has 0 spiro atoms. The first-order valence-electron chi connectivity index (χ1n) is 22.0. The summed E-state index contributed by atoms with van der Waals surface area (Å²) in [4.78, 5) is 2.41. The predicted octanol–water partition coefficient (Wildman–Crippen LogP) is 17.2. The Morgan fingerprint density at radius 2 is 0.828 bits per heavy atom. The third kappa shape index (κ3) is 6.52. The molecule has 0 amide bonds. The minimum Gasteiger partial charge on any atom is -0.310 e. The van der Waals surface area contributed by atoms with Crippen molar-refractivity contribution in [2.45, 2.75) is 0 Å². The van der Waals surface area contributed by atoms with Gasteiger partial charge in [-0.25, -0.2) is 0 Å². The summed E-state index contributed by atoms with van der Waals surface area (Å²) in [5.41, 5.74) is 16.3. The van der Waals surface area contributed by atoms with Gasteiger partial charge in [0.2, 0.25) is 0 Å². The van der Waals surface area contributed by atoms with Crippen molar-refractivity contribution in [3.05, 3.63) is 255 Å². The van der Waals surface area contributed by atoms with Gasteiger partial charge in [0.1, 0.15) is 0 Å². The Balaban J connectivity index is 0.991. The summed E-state index contributed by atoms with van der Waals surface area (Å²) in [5, 5.41) is 7.49. The third-order valence-electron chi connectivity index (χ3n) is 12.8. The van der Waals surface area contributed by atoms with Gasteiger partial charge in [0.25, 0.3) is 0 Å². The molecular weight excluding hydrogens is 773 g/mol. The molecule has 0 aliphatic rings. The van der Waals surface area contributed by atoms with Crippen molar-refractivity contribution in [2.75, 3.05) is 4.90 Å². The highest BCUT2D eigenvalue weighted by atomic mass is 15.1. The van der Waals surface area contributed by atoms with E-state index >= 15 is 0 Å². The van der Waals surface area contributed by atoms with Crippen molar-refractivity contribution in [1.82, 2.24) is 4.57 Å². The summed E-state index contributed by atoms with van der Waals surface area (Å²) in [6.07, 6.45) is 0. The van der Waals surface area contributed by atoms with Crippen molar-refractivity contribution in [1.29, 1.82) is 0 Å². The van der Waals surface area contributed by atoms with Crippen LogP contribution in [0.1, 0.15) is 0 Å². The minimum absolute atomic E-state index is 1.09. The van der Waals surface area contributed by atoms with E-state index in [1.54, 1.807) is 0 Å². The maximum atomic E-state index is 2.41. The topological polar surface area (TPSA) is 8.17 Å². The molecule has 0 bridgehead atoms. The van der Waals surface area contributed by atoms with Crippen LogP contribution in [-0.4, -0.2) is 4.57 Å². The smallest absolute Gasteiger partial charge is 0.0547 e. The Morgan fingerprint density at radius 3 is 1.64 bits per heavy atom. The first-order valence-corrected chi connectivity index (χ1v) is 22.0. The third-order valence-corrected chi connectivity index (χ3v) is 12.8. The molecule has 64 heavy (non-hydrogen) atoms. The fourth-order valence-corrected chi connectivity index (χ4v) is 9.75. The van der Waals surface area contributed by atoms with E-state index < -0.39 is 0 Å². The van der Waals surface area contributed by atoms with Gasteiger partial charge in [0.05, 0.1) is 16.7 Å². The van der Waals surface area contributed by atoms with Crippen molar-refractivity contribution >= 4 is 60.4 Å². The Hall–Kier alpha value is -8.46. The van der Waals surface area contributed by atoms with Crippen LogP contribution in [0.4, 0.5) is 17.1 Å². The largest absolute Gasteiger partial charge is 0.310 e. The van der Waals surface area contributed by atoms with Crippen LogP contribution in [0.3, 0.4) is 0 Å². The summed E-state index contributed by atoms with van der Waals surface area (Å²) < 4.78 is 2.39. The number of fused-ring (bicyclic) bond motifs is 5. The van der Waals surface area contributed by atoms with Gasteiger partial charge in [-0.2, -0.15) is 0 Å². The van der Waals surface area contributed by atoms with Gasteiger partial charge < -0.3 is 9.47 Å². The molecule has 0 saturated heterocycles. The molecule has 0 unspecified atom stereocenters. The summed E-state index contributed by atoms with van der Waals surface area (Å²) in [6, 6.07) is 92.7. The quantitative estimate of drug-likeness (QED) is 0.148. The standard InChI is InChI=1S/C62H42N2/c1-2-21-51(22-3-1)64-60-29-11-9-25-58(60)62-57(27-14-30-61(62)64)50-20-12-19-49(42-50)56-24-8-10-28-59(56)63(52-37-33-44(34-38-52)48-32-31-43-15-4-5-17-47(43)41-48)53-39-35-46(36-40-53)55-26-13-18-45-16-6-7-23-54(45)55/h1-42H. The van der Waals surface area contributed by atoms with E-state index in [0.29, 0.717) is 0 Å². The van der Waals surface area contributed by atoms with Crippen LogP contribution in [0.2, 0.25) is 0 Å². The van der Waals surface area contributed by atoms with E-state index in [1.165, 1.54) is 76.7 Å². The van der Waals surface area contributed by atoms with E-state index in [-0.39, 0.29) is 0 Å². The number of anilines is 3. The minimum atomic E-state index is 1.09. The SMILES string of the molecule is c1ccc(-n2c3ccccc3c3c(-c4cccc(-c5ccccc5N(c5ccc(-c6ccc7ccccc7c6)cc5)c5ccc(-c6cccc7ccccc67)cc5)c4)cccc32)cc1. The van der Waals surface area contributed by atoms with Gasteiger partial charge >= 0.3 is 0 Å². The van der Waals surface area contributed by atoms with Crippen LogP contribution in [0.15, 0.2) is 255 Å². The fourth-order valence-electron chi connectivity index (χ4n) is 9.75. The highest BCUT2D eigenvalue weighted by Gasteiger charge is 2.20. The zero-order chi connectivity index (χ0) is 42.4. The molecule has 12 rings (SSSR count). The van der Waals surface area contributed by atoms with Gasteiger partial charge in [-0.15, -0.1) is 0 Å². The maximum Gasteiger partial charge on any atom is 0.0547 e. The molecule has 0 atom stereocenters. The second-order valence-electron chi connectivity index (χ2n) is 16.5. The zero-order valence-corrected chi connectivity index (χ0v) is 35.1. The second kappa shape index (κ2) is 15.8. The van der Waals surface area contributed by atoms with Crippen LogP contribution in [0.25, 0.3) is 93.5 Å². The van der Waals surface area contributed by atoms with Gasteiger partial charge in [-0.05, 0) is 127 Å². The molecule has 0 aliphatic heterocycles. The molecule has 1 aromatic heterocycles. The molecule has 0 saturated carbocycles. The summed E-state index contributed by atoms with van der Waals surface area (Å²) in [7, 11) is 0. The molecule has 300 valence electrons. The Morgan fingerprint density at radius 1 is 0.281 bits per heavy atom. The number of benzene rings is 11. The Kier molecular flexibility index (Phi) is 9.20.